The number of nitrogens with zero attached hydrogens (tertiary/aromatic N) is 1. The van der Waals surface area contributed by atoms with Crippen LogP contribution in [0.1, 0.15) is 5.56 Å². The summed E-state index contributed by atoms with van der Waals surface area (Å²) in [5.74, 6) is 0. The summed E-state index contributed by atoms with van der Waals surface area (Å²) in [6.45, 7) is 5.85. The summed E-state index contributed by atoms with van der Waals surface area (Å²) < 4.78 is 2.22. The van der Waals surface area contributed by atoms with E-state index in [0.717, 1.165) is 13.0 Å². The molecule has 1 aromatic heterocycles. The van der Waals surface area contributed by atoms with Gasteiger partial charge in [-0.05, 0) is 43.1 Å². The maximum atomic E-state index is 3.90. The summed E-state index contributed by atoms with van der Waals surface area (Å²) >= 11 is 0. The van der Waals surface area contributed by atoms with Crippen LogP contribution >= 0.6 is 0 Å². The van der Waals surface area contributed by atoms with Gasteiger partial charge in [-0.2, -0.15) is 0 Å². The third kappa shape index (κ3) is 4.18. The van der Waals surface area contributed by atoms with Crippen molar-refractivity contribution in [2.24, 2.45) is 0 Å². The van der Waals surface area contributed by atoms with Crippen LogP contribution in [0.4, 0.5) is 0 Å². The van der Waals surface area contributed by atoms with Crippen LogP contribution in [-0.2, 0) is 6.42 Å². The fraction of sp³-hybridized carbons (Fsp3) is 0.174. The van der Waals surface area contributed by atoms with E-state index in [1.807, 2.05) is 0 Å². The van der Waals surface area contributed by atoms with Gasteiger partial charge in [-0.1, -0.05) is 55.2 Å². The van der Waals surface area contributed by atoms with E-state index in [-0.39, 0.29) is 18.9 Å². The first-order chi connectivity index (χ1) is 12.6. The smallest absolute Gasteiger partial charge is 0.371 e. The molecule has 132 valence electrons. The first kappa shape index (κ1) is 19.9. The van der Waals surface area contributed by atoms with Crippen molar-refractivity contribution in [1.82, 2.24) is 9.55 Å². The van der Waals surface area contributed by atoms with E-state index in [1.54, 1.807) is 0 Å². The molecule has 27 heavy (non-hydrogen) atoms. The van der Waals surface area contributed by atoms with E-state index >= 15 is 0 Å². The minimum Gasteiger partial charge on any atom is -0.371 e. The molecule has 4 aromatic rings. The van der Waals surface area contributed by atoms with Crippen LogP contribution in [0.25, 0.3) is 16.5 Å². The van der Waals surface area contributed by atoms with Gasteiger partial charge in [-0.15, -0.1) is 40.2 Å². The van der Waals surface area contributed by atoms with E-state index in [9.17, 15) is 0 Å². The Kier molecular flexibility index (Phi) is 6.19. The third-order valence-corrected chi connectivity index (χ3v) is 8.05. The maximum Gasteiger partial charge on any atom is 1.00 e. The van der Waals surface area contributed by atoms with Gasteiger partial charge in [0.05, 0.1) is 0 Å². The van der Waals surface area contributed by atoms with Crippen molar-refractivity contribution in [3.63, 3.8) is 0 Å². The Morgan fingerprint density at radius 3 is 2.30 bits per heavy atom. The monoisotopic (exact) mass is 364 g/mol. The fourth-order valence-electron chi connectivity index (χ4n) is 3.72. The Labute approximate surface area is 174 Å². The minimum atomic E-state index is -1.75. The SMILES string of the molecule is C[Si](C)(NCCc1ccccc1)[c-]1cc(-n2cccc2)c2ccccc21.[Li+]. The predicted molar refractivity (Wildman–Crippen MR) is 114 cm³/mol. The molecule has 0 aliphatic heterocycles. The van der Waals surface area contributed by atoms with Crippen LogP contribution in [0.15, 0.2) is 85.2 Å². The molecule has 1 N–H and O–H groups in total. The number of nitrogens with one attached hydrogen (secondary N) is 1. The first-order valence-electron chi connectivity index (χ1n) is 9.26. The molecule has 0 bridgehead atoms. The second-order valence-corrected chi connectivity index (χ2v) is 11.5. The summed E-state index contributed by atoms with van der Waals surface area (Å²) in [6, 6.07) is 26.1. The molecular weight excluding hydrogens is 339 g/mol. The minimum absolute atomic E-state index is 0. The van der Waals surface area contributed by atoms with Crippen LogP contribution in [0.5, 0.6) is 0 Å². The molecule has 0 saturated carbocycles. The molecule has 4 heteroatoms. The van der Waals surface area contributed by atoms with E-state index < -0.39 is 8.24 Å². The maximum absolute atomic E-state index is 3.90. The Hall–Kier alpha value is -1.90. The third-order valence-electron chi connectivity index (χ3n) is 5.15. The number of hydrogen-bond donors (Lipinski definition) is 1. The quantitative estimate of drug-likeness (QED) is 0.406. The Bertz CT molecular complexity index is 988. The van der Waals surface area contributed by atoms with Gasteiger partial charge in [0.25, 0.3) is 0 Å². The molecule has 0 radical (unpaired) electrons. The van der Waals surface area contributed by atoms with Gasteiger partial charge < -0.3 is 9.55 Å². The Morgan fingerprint density at radius 1 is 0.889 bits per heavy atom. The summed E-state index contributed by atoms with van der Waals surface area (Å²) in [6.07, 6.45) is 5.33. The topological polar surface area (TPSA) is 17.0 Å². The zero-order valence-electron chi connectivity index (χ0n) is 16.4. The fourth-order valence-corrected chi connectivity index (χ4v) is 6.05. The van der Waals surface area contributed by atoms with Gasteiger partial charge in [-0.3, -0.25) is 0 Å². The molecule has 3 aromatic carbocycles. The number of hydrogen-bond acceptors (Lipinski definition) is 1. The summed E-state index contributed by atoms with van der Waals surface area (Å²) in [5, 5.41) is 4.22. The number of aromatic nitrogens is 1. The molecule has 0 amide bonds. The standard InChI is InChI=1S/C23H25N2Si.Li/c1-26(2,24-15-14-19-10-4-3-5-11-19)23-18-22(25-16-8-9-17-25)20-12-6-7-13-21(20)23;/h3-13,16-18,24H,14-15H2,1-2H3;/q-1;+1. The Balaban J connectivity index is 0.00000210. The van der Waals surface area contributed by atoms with Crippen LogP contribution in [0, 0.1) is 0 Å². The van der Waals surface area contributed by atoms with Crippen molar-refractivity contribution >= 4 is 24.2 Å². The van der Waals surface area contributed by atoms with Gasteiger partial charge >= 0.3 is 18.9 Å². The number of benzene rings is 2. The average Bonchev–Trinajstić information content (AvgIpc) is 3.30. The molecule has 0 aliphatic carbocycles. The molecule has 4 rings (SSSR count). The van der Waals surface area contributed by atoms with Crippen molar-refractivity contribution in [1.29, 1.82) is 0 Å². The molecule has 0 saturated heterocycles. The van der Waals surface area contributed by atoms with Gasteiger partial charge in [0, 0.05) is 0 Å². The first-order valence-corrected chi connectivity index (χ1v) is 12.3. The predicted octanol–water partition coefficient (Wildman–Crippen LogP) is 1.60. The molecule has 0 atom stereocenters. The molecule has 0 aliphatic rings. The zero-order valence-corrected chi connectivity index (χ0v) is 17.4. The molecule has 0 fully saturated rings. The molecular formula is C23H25LiN2Si. The van der Waals surface area contributed by atoms with Crippen LogP contribution in [0.3, 0.4) is 0 Å². The van der Waals surface area contributed by atoms with E-state index in [0.29, 0.717) is 0 Å². The van der Waals surface area contributed by atoms with Crippen molar-refractivity contribution in [2.45, 2.75) is 19.5 Å². The molecule has 2 nitrogen and oxygen atoms in total. The van der Waals surface area contributed by atoms with E-state index in [1.165, 1.54) is 27.2 Å². The van der Waals surface area contributed by atoms with Crippen molar-refractivity contribution in [3.8, 4) is 5.69 Å². The second kappa shape index (κ2) is 8.41. The molecule has 1 heterocycles. The molecule has 0 spiro atoms. The van der Waals surface area contributed by atoms with Gasteiger partial charge in [0.2, 0.25) is 0 Å². The van der Waals surface area contributed by atoms with E-state index in [4.69, 9.17) is 0 Å². The summed E-state index contributed by atoms with van der Waals surface area (Å²) in [7, 11) is -1.75. The number of rotatable bonds is 6. The van der Waals surface area contributed by atoms with Crippen molar-refractivity contribution in [2.75, 3.05) is 6.54 Å². The molecule has 0 unspecified atom stereocenters. The van der Waals surface area contributed by atoms with Gasteiger partial charge in [-0.25, -0.2) is 0 Å². The number of fused-ring (bicyclic) bond motifs is 1. The average molecular weight is 364 g/mol. The van der Waals surface area contributed by atoms with Crippen molar-refractivity contribution in [3.05, 3.63) is 90.8 Å². The normalized spacial score (nSPS) is 11.5. The largest absolute Gasteiger partial charge is 1.00 e. The van der Waals surface area contributed by atoms with E-state index in [2.05, 4.69) is 108 Å². The summed E-state index contributed by atoms with van der Waals surface area (Å²) in [5.41, 5.74) is 2.68. The summed E-state index contributed by atoms with van der Waals surface area (Å²) in [4.78, 5) is 3.90. The van der Waals surface area contributed by atoms with Crippen LogP contribution < -0.4 is 29.0 Å². The van der Waals surface area contributed by atoms with Crippen LogP contribution in [0.2, 0.25) is 13.1 Å². The van der Waals surface area contributed by atoms with Gasteiger partial charge in [0.1, 0.15) is 8.24 Å². The van der Waals surface area contributed by atoms with Crippen LogP contribution in [-0.4, -0.2) is 19.3 Å². The Morgan fingerprint density at radius 2 is 1.56 bits per heavy atom. The zero-order chi connectivity index (χ0) is 18.0. The van der Waals surface area contributed by atoms with Gasteiger partial charge in [0.15, 0.2) is 0 Å². The second-order valence-electron chi connectivity index (χ2n) is 7.37. The van der Waals surface area contributed by atoms with Crippen molar-refractivity contribution < 1.29 is 18.9 Å².